The van der Waals surface area contributed by atoms with Gasteiger partial charge in [0, 0.05) is 17.7 Å². The van der Waals surface area contributed by atoms with Crippen LogP contribution in [0.4, 0.5) is 0 Å². The van der Waals surface area contributed by atoms with Crippen LogP contribution in [0.2, 0.25) is 0 Å². The summed E-state index contributed by atoms with van der Waals surface area (Å²) in [5, 5.41) is 7.31. The molecule has 0 radical (unpaired) electrons. The average molecular weight is 375 g/mol. The van der Waals surface area contributed by atoms with Crippen LogP contribution < -0.4 is 10.9 Å². The standard InChI is InChI=1S/C23H25N3O2/c1-17-8-12-20(13-9-17)21-14-15-23(28)26(25-21)16-22(27)24-18(2)10-11-19-6-4-3-5-7-19/h3-9,12-15,18H,10-11,16H2,1-2H3,(H,24,27)/t18-/m1/s1. The van der Waals surface area contributed by atoms with E-state index in [1.807, 2.05) is 56.3 Å². The molecule has 5 heteroatoms. The van der Waals surface area contributed by atoms with Gasteiger partial charge in [0.05, 0.1) is 5.69 Å². The Hall–Kier alpha value is -3.21. The minimum atomic E-state index is -0.289. The highest BCUT2D eigenvalue weighted by Gasteiger charge is 2.11. The molecule has 1 amide bonds. The van der Waals surface area contributed by atoms with Crippen molar-refractivity contribution in [2.45, 2.75) is 39.3 Å². The molecule has 5 nitrogen and oxygen atoms in total. The second kappa shape index (κ2) is 9.13. The van der Waals surface area contributed by atoms with Crippen molar-refractivity contribution in [2.24, 2.45) is 0 Å². The number of carbonyl (C=O) groups is 1. The van der Waals surface area contributed by atoms with Gasteiger partial charge in [0.25, 0.3) is 5.56 Å². The smallest absolute Gasteiger partial charge is 0.267 e. The number of hydrogen-bond acceptors (Lipinski definition) is 3. The fourth-order valence-corrected chi connectivity index (χ4v) is 3.00. The van der Waals surface area contributed by atoms with Gasteiger partial charge in [-0.3, -0.25) is 9.59 Å². The van der Waals surface area contributed by atoms with Crippen LogP contribution in [0.1, 0.15) is 24.5 Å². The molecule has 0 aliphatic rings. The van der Waals surface area contributed by atoms with Crippen LogP contribution in [0.3, 0.4) is 0 Å². The average Bonchev–Trinajstić information content (AvgIpc) is 2.69. The van der Waals surface area contributed by atoms with Crippen LogP contribution in [0.5, 0.6) is 0 Å². The quantitative estimate of drug-likeness (QED) is 0.689. The third kappa shape index (κ3) is 5.39. The molecule has 0 aliphatic heterocycles. The van der Waals surface area contributed by atoms with Crippen LogP contribution in [-0.2, 0) is 17.8 Å². The summed E-state index contributed by atoms with van der Waals surface area (Å²) >= 11 is 0. The van der Waals surface area contributed by atoms with Gasteiger partial charge in [-0.05, 0) is 38.3 Å². The molecule has 1 heterocycles. The number of benzene rings is 2. The lowest BCUT2D eigenvalue weighted by Crippen LogP contribution is -2.38. The molecule has 0 bridgehead atoms. The van der Waals surface area contributed by atoms with Crippen LogP contribution in [0.15, 0.2) is 71.5 Å². The molecule has 28 heavy (non-hydrogen) atoms. The maximum atomic E-state index is 12.4. The maximum absolute atomic E-state index is 12.4. The fourth-order valence-electron chi connectivity index (χ4n) is 3.00. The van der Waals surface area contributed by atoms with Gasteiger partial charge < -0.3 is 5.32 Å². The molecular weight excluding hydrogens is 350 g/mol. The Morgan fingerprint density at radius 2 is 1.75 bits per heavy atom. The van der Waals surface area contributed by atoms with Crippen molar-refractivity contribution in [2.75, 3.05) is 0 Å². The number of nitrogens with one attached hydrogen (secondary N) is 1. The summed E-state index contributed by atoms with van der Waals surface area (Å²) in [6, 6.07) is 21.2. The summed E-state index contributed by atoms with van der Waals surface area (Å²) in [4.78, 5) is 24.5. The van der Waals surface area contributed by atoms with E-state index in [0.717, 1.165) is 24.0 Å². The Kier molecular flexibility index (Phi) is 6.37. The Labute approximate surface area is 165 Å². The van der Waals surface area contributed by atoms with Crippen molar-refractivity contribution < 1.29 is 4.79 Å². The number of hydrogen-bond donors (Lipinski definition) is 1. The predicted octanol–water partition coefficient (Wildman–Crippen LogP) is 3.36. The number of amides is 1. The van der Waals surface area contributed by atoms with Crippen molar-refractivity contribution >= 4 is 5.91 Å². The highest BCUT2D eigenvalue weighted by Crippen LogP contribution is 2.15. The normalized spacial score (nSPS) is 11.8. The second-order valence-electron chi connectivity index (χ2n) is 7.07. The summed E-state index contributed by atoms with van der Waals surface area (Å²) < 4.78 is 1.22. The molecule has 0 spiro atoms. The Bertz CT molecular complexity index is 979. The van der Waals surface area contributed by atoms with E-state index in [1.165, 1.54) is 16.3 Å². The minimum absolute atomic E-state index is 0.0173. The number of nitrogens with zero attached hydrogens (tertiary/aromatic N) is 2. The van der Waals surface area contributed by atoms with E-state index in [1.54, 1.807) is 6.07 Å². The first-order valence-electron chi connectivity index (χ1n) is 9.50. The summed E-state index contributed by atoms with van der Waals surface area (Å²) in [5.74, 6) is -0.212. The molecule has 1 aromatic heterocycles. The van der Waals surface area contributed by atoms with E-state index in [9.17, 15) is 9.59 Å². The predicted molar refractivity (Wildman–Crippen MR) is 111 cm³/mol. The van der Waals surface area contributed by atoms with Crippen molar-refractivity contribution in [1.29, 1.82) is 0 Å². The van der Waals surface area contributed by atoms with E-state index in [2.05, 4.69) is 22.5 Å². The first-order chi connectivity index (χ1) is 13.5. The fraction of sp³-hybridized carbons (Fsp3) is 0.261. The van der Waals surface area contributed by atoms with Crippen molar-refractivity contribution in [3.05, 3.63) is 88.2 Å². The molecule has 0 fully saturated rings. The van der Waals surface area contributed by atoms with Gasteiger partial charge >= 0.3 is 0 Å². The van der Waals surface area contributed by atoms with Gasteiger partial charge in [0.1, 0.15) is 6.54 Å². The third-order valence-corrected chi connectivity index (χ3v) is 4.62. The van der Waals surface area contributed by atoms with Crippen LogP contribution in [-0.4, -0.2) is 21.7 Å². The molecule has 1 atom stereocenters. The van der Waals surface area contributed by atoms with Crippen LogP contribution in [0, 0.1) is 6.92 Å². The topological polar surface area (TPSA) is 64.0 Å². The molecule has 0 unspecified atom stereocenters. The summed E-state index contributed by atoms with van der Waals surface area (Å²) in [6.45, 7) is 3.90. The largest absolute Gasteiger partial charge is 0.352 e. The highest BCUT2D eigenvalue weighted by molar-refractivity contribution is 5.76. The van der Waals surface area contributed by atoms with Gasteiger partial charge in [0.2, 0.25) is 5.91 Å². The first-order valence-corrected chi connectivity index (χ1v) is 9.50. The zero-order chi connectivity index (χ0) is 19.9. The Morgan fingerprint density at radius 3 is 2.46 bits per heavy atom. The molecule has 1 N–H and O–H groups in total. The van der Waals surface area contributed by atoms with Gasteiger partial charge in [-0.2, -0.15) is 5.10 Å². The maximum Gasteiger partial charge on any atom is 0.267 e. The minimum Gasteiger partial charge on any atom is -0.352 e. The third-order valence-electron chi connectivity index (χ3n) is 4.62. The van der Waals surface area contributed by atoms with Crippen LogP contribution >= 0.6 is 0 Å². The first kappa shape index (κ1) is 19.5. The molecule has 0 aliphatic carbocycles. The second-order valence-corrected chi connectivity index (χ2v) is 7.07. The Balaban J connectivity index is 1.61. The number of rotatable bonds is 7. The van der Waals surface area contributed by atoms with E-state index in [4.69, 9.17) is 0 Å². The number of aromatic nitrogens is 2. The van der Waals surface area contributed by atoms with Crippen molar-refractivity contribution in [3.8, 4) is 11.3 Å². The van der Waals surface area contributed by atoms with Crippen molar-refractivity contribution in [3.63, 3.8) is 0 Å². The lowest BCUT2D eigenvalue weighted by Gasteiger charge is -2.14. The molecule has 144 valence electrons. The zero-order valence-corrected chi connectivity index (χ0v) is 16.3. The van der Waals surface area contributed by atoms with Gasteiger partial charge in [0.15, 0.2) is 0 Å². The van der Waals surface area contributed by atoms with Crippen molar-refractivity contribution in [1.82, 2.24) is 15.1 Å². The summed E-state index contributed by atoms with van der Waals surface area (Å²) in [7, 11) is 0. The summed E-state index contributed by atoms with van der Waals surface area (Å²) in [6.07, 6.45) is 1.73. The molecule has 0 saturated carbocycles. The monoisotopic (exact) mass is 375 g/mol. The molecule has 2 aromatic carbocycles. The number of carbonyl (C=O) groups excluding carboxylic acids is 1. The van der Waals surface area contributed by atoms with E-state index in [0.29, 0.717) is 5.69 Å². The van der Waals surface area contributed by atoms with E-state index in [-0.39, 0.29) is 24.1 Å². The van der Waals surface area contributed by atoms with E-state index < -0.39 is 0 Å². The van der Waals surface area contributed by atoms with Crippen LogP contribution in [0.25, 0.3) is 11.3 Å². The number of aryl methyl sites for hydroxylation is 2. The summed E-state index contributed by atoms with van der Waals surface area (Å²) in [5.41, 5.74) is 3.69. The molecule has 3 rings (SSSR count). The van der Waals surface area contributed by atoms with Gasteiger partial charge in [-0.15, -0.1) is 0 Å². The lowest BCUT2D eigenvalue weighted by atomic mass is 10.1. The molecular formula is C23H25N3O2. The zero-order valence-electron chi connectivity index (χ0n) is 16.3. The lowest BCUT2D eigenvalue weighted by molar-refractivity contribution is -0.122. The molecule has 0 saturated heterocycles. The molecule has 3 aromatic rings. The SMILES string of the molecule is Cc1ccc(-c2ccc(=O)n(CC(=O)N[C@H](C)CCc3ccccc3)n2)cc1. The van der Waals surface area contributed by atoms with Gasteiger partial charge in [-0.1, -0.05) is 60.2 Å². The Morgan fingerprint density at radius 1 is 1.04 bits per heavy atom. The van der Waals surface area contributed by atoms with E-state index >= 15 is 0 Å². The van der Waals surface area contributed by atoms with Gasteiger partial charge in [-0.25, -0.2) is 4.68 Å². The highest BCUT2D eigenvalue weighted by atomic mass is 16.2.